The first-order valence-electron chi connectivity index (χ1n) is 8.78. The number of ether oxygens (including phenoxy) is 1. The zero-order valence-corrected chi connectivity index (χ0v) is 13.3. The Morgan fingerprint density at radius 2 is 2.09 bits per heavy atom. The molecule has 5 heteroatoms. The van der Waals surface area contributed by atoms with E-state index in [1.807, 2.05) is 6.07 Å². The van der Waals surface area contributed by atoms with Gasteiger partial charge in [-0.25, -0.2) is 0 Å². The Morgan fingerprint density at radius 3 is 2.82 bits per heavy atom. The SMILES string of the molecule is c1cc(C2CCN(CC3CC4(CCNCC4)CO3)CC2)no1. The lowest BCUT2D eigenvalue weighted by atomic mass is 9.77. The molecule has 0 aliphatic carbocycles. The summed E-state index contributed by atoms with van der Waals surface area (Å²) in [6.45, 7) is 6.74. The van der Waals surface area contributed by atoms with Gasteiger partial charge >= 0.3 is 0 Å². The fourth-order valence-electron chi connectivity index (χ4n) is 4.45. The van der Waals surface area contributed by atoms with Crippen molar-refractivity contribution in [2.24, 2.45) is 5.41 Å². The van der Waals surface area contributed by atoms with Crippen molar-refractivity contribution in [3.8, 4) is 0 Å². The Bertz CT molecular complexity index is 462. The summed E-state index contributed by atoms with van der Waals surface area (Å²) >= 11 is 0. The molecule has 3 fully saturated rings. The van der Waals surface area contributed by atoms with Crippen LogP contribution in [0.15, 0.2) is 16.9 Å². The molecular formula is C17H27N3O2. The third kappa shape index (κ3) is 3.07. The zero-order chi connectivity index (χ0) is 14.8. The molecule has 0 amide bonds. The van der Waals surface area contributed by atoms with Crippen LogP contribution >= 0.6 is 0 Å². The van der Waals surface area contributed by atoms with E-state index in [9.17, 15) is 0 Å². The average molecular weight is 305 g/mol. The second kappa shape index (κ2) is 6.30. The van der Waals surface area contributed by atoms with Crippen molar-refractivity contribution in [3.63, 3.8) is 0 Å². The van der Waals surface area contributed by atoms with Crippen LogP contribution in [-0.2, 0) is 4.74 Å². The summed E-state index contributed by atoms with van der Waals surface area (Å²) in [7, 11) is 0. The van der Waals surface area contributed by atoms with Gasteiger partial charge in [-0.1, -0.05) is 5.16 Å². The number of hydrogen-bond donors (Lipinski definition) is 1. The van der Waals surface area contributed by atoms with Crippen LogP contribution in [0, 0.1) is 5.41 Å². The third-order valence-corrected chi connectivity index (χ3v) is 5.88. The minimum Gasteiger partial charge on any atom is -0.376 e. The highest BCUT2D eigenvalue weighted by Crippen LogP contribution is 2.40. The molecule has 1 aromatic heterocycles. The molecule has 1 aromatic rings. The fourth-order valence-corrected chi connectivity index (χ4v) is 4.45. The summed E-state index contributed by atoms with van der Waals surface area (Å²) in [5, 5.41) is 7.57. The largest absolute Gasteiger partial charge is 0.376 e. The Balaban J connectivity index is 1.25. The molecule has 1 N–H and O–H groups in total. The van der Waals surface area contributed by atoms with Crippen molar-refractivity contribution in [2.75, 3.05) is 39.3 Å². The summed E-state index contributed by atoms with van der Waals surface area (Å²) in [6, 6.07) is 2.02. The van der Waals surface area contributed by atoms with Gasteiger partial charge in [-0.05, 0) is 63.7 Å². The van der Waals surface area contributed by atoms with Gasteiger partial charge in [-0.3, -0.25) is 0 Å². The van der Waals surface area contributed by atoms with Gasteiger partial charge in [0.25, 0.3) is 0 Å². The molecule has 3 saturated heterocycles. The lowest BCUT2D eigenvalue weighted by Crippen LogP contribution is -2.39. The van der Waals surface area contributed by atoms with Crippen molar-refractivity contribution in [1.29, 1.82) is 0 Å². The first-order valence-corrected chi connectivity index (χ1v) is 8.78. The van der Waals surface area contributed by atoms with Gasteiger partial charge < -0.3 is 19.5 Å². The fraction of sp³-hybridized carbons (Fsp3) is 0.824. The Hall–Kier alpha value is -0.910. The van der Waals surface area contributed by atoms with Crippen molar-refractivity contribution >= 4 is 0 Å². The standard InChI is InChI=1S/C17H27N3O2/c1-8-20(9-2-14(1)16-3-10-22-19-16)12-15-11-17(13-21-15)4-6-18-7-5-17/h3,10,14-15,18H,1-2,4-9,11-13H2. The monoisotopic (exact) mass is 305 g/mol. The van der Waals surface area contributed by atoms with Crippen LogP contribution in [-0.4, -0.2) is 55.5 Å². The molecule has 0 radical (unpaired) electrons. The summed E-state index contributed by atoms with van der Waals surface area (Å²) in [4.78, 5) is 2.58. The topological polar surface area (TPSA) is 50.5 Å². The van der Waals surface area contributed by atoms with Gasteiger partial charge in [0.1, 0.15) is 6.26 Å². The van der Waals surface area contributed by atoms with E-state index in [0.29, 0.717) is 17.4 Å². The van der Waals surface area contributed by atoms with E-state index in [-0.39, 0.29) is 0 Å². The molecule has 3 aliphatic heterocycles. The van der Waals surface area contributed by atoms with Crippen molar-refractivity contribution in [2.45, 2.75) is 44.1 Å². The maximum atomic E-state index is 6.15. The van der Waals surface area contributed by atoms with Crippen molar-refractivity contribution < 1.29 is 9.26 Å². The zero-order valence-electron chi connectivity index (χ0n) is 13.3. The lowest BCUT2D eigenvalue weighted by Gasteiger charge is -2.34. The molecule has 22 heavy (non-hydrogen) atoms. The minimum absolute atomic E-state index is 0.446. The molecule has 4 rings (SSSR count). The van der Waals surface area contributed by atoms with E-state index in [1.165, 1.54) is 45.2 Å². The van der Waals surface area contributed by atoms with Gasteiger partial charge in [0.05, 0.1) is 18.4 Å². The summed E-state index contributed by atoms with van der Waals surface area (Å²) < 4.78 is 11.1. The quantitative estimate of drug-likeness (QED) is 0.926. The number of rotatable bonds is 3. The van der Waals surface area contributed by atoms with Crippen molar-refractivity contribution in [1.82, 2.24) is 15.4 Å². The smallest absolute Gasteiger partial charge is 0.124 e. The molecule has 1 spiro atoms. The second-order valence-electron chi connectivity index (χ2n) is 7.39. The van der Waals surface area contributed by atoms with Crippen LogP contribution in [0.1, 0.15) is 43.7 Å². The number of hydrogen-bond acceptors (Lipinski definition) is 5. The normalized spacial score (nSPS) is 30.1. The van der Waals surface area contributed by atoms with Gasteiger partial charge in [-0.15, -0.1) is 0 Å². The lowest BCUT2D eigenvalue weighted by molar-refractivity contribution is 0.0547. The van der Waals surface area contributed by atoms with E-state index >= 15 is 0 Å². The van der Waals surface area contributed by atoms with Crippen molar-refractivity contribution in [3.05, 3.63) is 18.0 Å². The van der Waals surface area contributed by atoms with E-state index in [0.717, 1.165) is 31.9 Å². The molecule has 3 aliphatic rings. The van der Waals surface area contributed by atoms with Crippen LogP contribution in [0.2, 0.25) is 0 Å². The number of nitrogens with zero attached hydrogens (tertiary/aromatic N) is 2. The van der Waals surface area contributed by atoms with E-state index in [4.69, 9.17) is 9.26 Å². The Labute approximate surface area is 132 Å². The van der Waals surface area contributed by atoms with E-state index in [1.54, 1.807) is 6.26 Å². The molecular weight excluding hydrogens is 278 g/mol. The van der Waals surface area contributed by atoms with Crippen LogP contribution in [0.5, 0.6) is 0 Å². The van der Waals surface area contributed by atoms with Gasteiger partial charge in [0.2, 0.25) is 0 Å². The van der Waals surface area contributed by atoms with Gasteiger partial charge in [0, 0.05) is 18.5 Å². The highest BCUT2D eigenvalue weighted by atomic mass is 16.5. The van der Waals surface area contributed by atoms with Crippen LogP contribution < -0.4 is 5.32 Å². The first kappa shape index (κ1) is 14.7. The average Bonchev–Trinajstić information content (AvgIpc) is 3.20. The van der Waals surface area contributed by atoms with Crippen LogP contribution in [0.4, 0.5) is 0 Å². The number of aromatic nitrogens is 1. The second-order valence-corrected chi connectivity index (χ2v) is 7.39. The molecule has 0 aromatic carbocycles. The third-order valence-electron chi connectivity index (χ3n) is 5.88. The summed E-state index contributed by atoms with van der Waals surface area (Å²) in [5.74, 6) is 0.579. The van der Waals surface area contributed by atoms with E-state index < -0.39 is 0 Å². The Morgan fingerprint density at radius 1 is 1.27 bits per heavy atom. The maximum absolute atomic E-state index is 6.15. The minimum atomic E-state index is 0.446. The highest BCUT2D eigenvalue weighted by molar-refractivity contribution is 5.05. The maximum Gasteiger partial charge on any atom is 0.124 e. The first-order chi connectivity index (χ1) is 10.8. The number of nitrogens with one attached hydrogen (secondary N) is 1. The molecule has 122 valence electrons. The molecule has 0 bridgehead atoms. The van der Waals surface area contributed by atoms with Crippen LogP contribution in [0.3, 0.4) is 0 Å². The highest BCUT2D eigenvalue weighted by Gasteiger charge is 2.41. The predicted octanol–water partition coefficient (Wildman–Crippen LogP) is 2.01. The number of likely N-dealkylation sites (tertiary alicyclic amines) is 1. The Kier molecular flexibility index (Phi) is 4.20. The van der Waals surface area contributed by atoms with Gasteiger partial charge in [0.15, 0.2) is 0 Å². The molecule has 1 unspecified atom stereocenters. The molecule has 1 atom stereocenters. The molecule has 5 nitrogen and oxygen atoms in total. The molecule has 4 heterocycles. The molecule has 0 saturated carbocycles. The summed E-state index contributed by atoms with van der Waals surface area (Å²) in [5.41, 5.74) is 1.61. The van der Waals surface area contributed by atoms with Crippen LogP contribution in [0.25, 0.3) is 0 Å². The van der Waals surface area contributed by atoms with E-state index in [2.05, 4.69) is 15.4 Å². The number of piperidine rings is 2. The predicted molar refractivity (Wildman–Crippen MR) is 83.8 cm³/mol. The summed E-state index contributed by atoms with van der Waals surface area (Å²) in [6.07, 6.45) is 8.35. The van der Waals surface area contributed by atoms with Gasteiger partial charge in [-0.2, -0.15) is 0 Å².